The third-order valence-electron chi connectivity index (χ3n) is 6.62. The molecule has 1 aromatic carbocycles. The van der Waals surface area contributed by atoms with E-state index in [1.165, 1.54) is 11.0 Å². The van der Waals surface area contributed by atoms with Gasteiger partial charge in [0.2, 0.25) is 11.8 Å². The zero-order valence-corrected chi connectivity index (χ0v) is 23.4. The number of carbonyl (C=O) groups excluding carboxylic acids is 3. The van der Waals surface area contributed by atoms with Crippen molar-refractivity contribution in [2.45, 2.75) is 109 Å². The van der Waals surface area contributed by atoms with Crippen LogP contribution in [0.3, 0.4) is 0 Å². The normalized spacial score (nSPS) is 16.5. The standard InChI is InChI=1S/C27H43N3O5S/c1-7-27(5,6)30(24(33)20(17-36)29-25(34)35-26(2,3)4)22(19-15-11-12-16-21(19)31)23(32)28-18-13-9-8-10-14-18/h11-12,15-16,18,20,22,31,36H,7-10,13-14,17H2,1-6H3,(H,28,32)(H,29,34). The molecule has 0 spiro atoms. The molecule has 2 unspecified atom stereocenters. The minimum Gasteiger partial charge on any atom is -0.508 e. The average molecular weight is 522 g/mol. The van der Waals surface area contributed by atoms with Gasteiger partial charge in [-0.1, -0.05) is 44.4 Å². The second-order valence-electron chi connectivity index (χ2n) is 11.1. The molecule has 8 nitrogen and oxygen atoms in total. The highest BCUT2D eigenvalue weighted by molar-refractivity contribution is 7.80. The minimum atomic E-state index is -1.10. The van der Waals surface area contributed by atoms with Crippen LogP contribution in [-0.4, -0.2) is 56.9 Å². The molecular formula is C27H43N3O5S. The lowest BCUT2D eigenvalue weighted by Gasteiger charge is -2.45. The Kier molecular flexibility index (Phi) is 10.5. The zero-order valence-electron chi connectivity index (χ0n) is 22.5. The van der Waals surface area contributed by atoms with Crippen LogP contribution in [0.5, 0.6) is 5.75 Å². The molecular weight excluding hydrogens is 478 g/mol. The number of carbonyl (C=O) groups is 3. The molecule has 9 heteroatoms. The van der Waals surface area contributed by atoms with E-state index in [1.54, 1.807) is 39.0 Å². The van der Waals surface area contributed by atoms with Gasteiger partial charge in [-0.3, -0.25) is 9.59 Å². The van der Waals surface area contributed by atoms with E-state index in [0.717, 1.165) is 32.1 Å². The number of rotatable bonds is 9. The fourth-order valence-electron chi connectivity index (χ4n) is 4.39. The van der Waals surface area contributed by atoms with Crippen molar-refractivity contribution in [3.8, 4) is 5.75 Å². The van der Waals surface area contributed by atoms with Gasteiger partial charge in [-0.15, -0.1) is 0 Å². The molecule has 0 aromatic heterocycles. The van der Waals surface area contributed by atoms with Gasteiger partial charge in [-0.25, -0.2) is 4.79 Å². The fourth-order valence-corrected chi connectivity index (χ4v) is 4.64. The van der Waals surface area contributed by atoms with Crippen molar-refractivity contribution in [1.82, 2.24) is 15.5 Å². The van der Waals surface area contributed by atoms with Crippen LogP contribution < -0.4 is 10.6 Å². The summed E-state index contributed by atoms with van der Waals surface area (Å²) in [5.41, 5.74) is -1.20. The van der Waals surface area contributed by atoms with E-state index in [1.807, 2.05) is 20.8 Å². The molecule has 3 N–H and O–H groups in total. The fraction of sp³-hybridized carbons (Fsp3) is 0.667. The molecule has 1 aromatic rings. The summed E-state index contributed by atoms with van der Waals surface area (Å²) in [5.74, 6) is -0.900. The Hall–Kier alpha value is -2.42. The lowest BCUT2D eigenvalue weighted by atomic mass is 9.90. The second kappa shape index (κ2) is 12.7. The molecule has 1 fully saturated rings. The quantitative estimate of drug-likeness (QED) is 0.352. The predicted octanol–water partition coefficient (Wildman–Crippen LogP) is 4.72. The number of phenols is 1. The number of benzene rings is 1. The van der Waals surface area contributed by atoms with E-state index in [9.17, 15) is 19.5 Å². The number of aromatic hydroxyl groups is 1. The molecule has 0 aliphatic heterocycles. The molecule has 2 atom stereocenters. The lowest BCUT2D eigenvalue weighted by Crippen LogP contribution is -2.60. The first-order chi connectivity index (χ1) is 16.8. The number of nitrogens with zero attached hydrogens (tertiary/aromatic N) is 1. The molecule has 1 saturated carbocycles. The maximum atomic E-state index is 14.0. The van der Waals surface area contributed by atoms with Gasteiger partial charge in [0, 0.05) is 22.9 Å². The number of alkyl carbamates (subject to hydrolysis) is 1. The van der Waals surface area contributed by atoms with Crippen LogP contribution >= 0.6 is 12.6 Å². The summed E-state index contributed by atoms with van der Waals surface area (Å²) in [6.45, 7) is 10.9. The molecule has 36 heavy (non-hydrogen) atoms. The third kappa shape index (κ3) is 8.05. The van der Waals surface area contributed by atoms with E-state index in [0.29, 0.717) is 12.0 Å². The van der Waals surface area contributed by atoms with Crippen molar-refractivity contribution in [1.29, 1.82) is 0 Å². The maximum absolute atomic E-state index is 14.0. The van der Waals surface area contributed by atoms with E-state index < -0.39 is 35.2 Å². The molecule has 2 rings (SSSR count). The largest absolute Gasteiger partial charge is 0.508 e. The summed E-state index contributed by atoms with van der Waals surface area (Å²) in [7, 11) is 0. The Morgan fingerprint density at radius 2 is 1.72 bits per heavy atom. The Balaban J connectivity index is 2.51. The molecule has 1 aliphatic rings. The lowest BCUT2D eigenvalue weighted by molar-refractivity contribution is -0.149. The first kappa shape index (κ1) is 29.8. The molecule has 0 radical (unpaired) electrons. The van der Waals surface area contributed by atoms with Crippen molar-refractivity contribution in [3.63, 3.8) is 0 Å². The number of para-hydroxylation sites is 1. The minimum absolute atomic E-state index is 0.00606. The first-order valence-corrected chi connectivity index (χ1v) is 13.5. The van der Waals surface area contributed by atoms with E-state index in [4.69, 9.17) is 4.74 Å². The molecule has 3 amide bonds. The molecule has 0 heterocycles. The number of amides is 3. The van der Waals surface area contributed by atoms with Crippen LogP contribution in [0.4, 0.5) is 4.79 Å². The van der Waals surface area contributed by atoms with Crippen molar-refractivity contribution in [2.75, 3.05) is 5.75 Å². The van der Waals surface area contributed by atoms with Crippen molar-refractivity contribution < 1.29 is 24.2 Å². The molecule has 202 valence electrons. The van der Waals surface area contributed by atoms with Crippen LogP contribution in [-0.2, 0) is 14.3 Å². The Morgan fingerprint density at radius 3 is 2.25 bits per heavy atom. The summed E-state index contributed by atoms with van der Waals surface area (Å²) in [6.07, 6.45) is 4.77. The molecule has 0 saturated heterocycles. The molecule has 1 aliphatic carbocycles. The third-order valence-corrected chi connectivity index (χ3v) is 6.98. The second-order valence-corrected chi connectivity index (χ2v) is 11.4. The number of thiol groups is 1. The van der Waals surface area contributed by atoms with Gasteiger partial charge in [0.25, 0.3) is 0 Å². The smallest absolute Gasteiger partial charge is 0.408 e. The van der Waals surface area contributed by atoms with Gasteiger partial charge in [0.1, 0.15) is 23.4 Å². The van der Waals surface area contributed by atoms with Crippen molar-refractivity contribution >= 4 is 30.5 Å². The highest BCUT2D eigenvalue weighted by atomic mass is 32.1. The average Bonchev–Trinajstić information content (AvgIpc) is 2.80. The number of ether oxygens (including phenoxy) is 1. The summed E-state index contributed by atoms with van der Waals surface area (Å²) < 4.78 is 5.35. The van der Waals surface area contributed by atoms with E-state index in [2.05, 4.69) is 23.3 Å². The topological polar surface area (TPSA) is 108 Å². The predicted molar refractivity (Wildman–Crippen MR) is 144 cm³/mol. The summed E-state index contributed by atoms with van der Waals surface area (Å²) in [4.78, 5) is 41.9. The Bertz CT molecular complexity index is 909. The van der Waals surface area contributed by atoms with Gasteiger partial charge >= 0.3 is 6.09 Å². The van der Waals surface area contributed by atoms with Crippen LogP contribution in [0.15, 0.2) is 24.3 Å². The summed E-state index contributed by atoms with van der Waals surface area (Å²) in [5, 5.41) is 16.5. The highest BCUT2D eigenvalue weighted by Gasteiger charge is 2.44. The monoisotopic (exact) mass is 521 g/mol. The van der Waals surface area contributed by atoms with Gasteiger partial charge in [0.05, 0.1) is 0 Å². The Labute approximate surface area is 220 Å². The van der Waals surface area contributed by atoms with E-state index >= 15 is 0 Å². The number of phenolic OH excluding ortho intramolecular Hbond substituents is 1. The molecule has 0 bridgehead atoms. The number of hydrogen-bond acceptors (Lipinski definition) is 6. The number of hydrogen-bond donors (Lipinski definition) is 4. The van der Waals surface area contributed by atoms with Gasteiger partial charge < -0.3 is 25.4 Å². The summed E-state index contributed by atoms with van der Waals surface area (Å²) in [6, 6.07) is 4.44. The SMILES string of the molecule is CCC(C)(C)N(C(=O)C(CS)NC(=O)OC(C)(C)C)C(C(=O)NC1CCCCC1)c1ccccc1O. The van der Waals surface area contributed by atoms with Crippen LogP contribution in [0.1, 0.15) is 91.7 Å². The summed E-state index contributed by atoms with van der Waals surface area (Å²) >= 11 is 4.33. The van der Waals surface area contributed by atoms with Crippen molar-refractivity contribution in [3.05, 3.63) is 29.8 Å². The van der Waals surface area contributed by atoms with Gasteiger partial charge in [0.15, 0.2) is 0 Å². The number of nitrogens with one attached hydrogen (secondary N) is 2. The van der Waals surface area contributed by atoms with Crippen LogP contribution in [0, 0.1) is 0 Å². The zero-order chi connectivity index (χ0) is 27.1. The maximum Gasteiger partial charge on any atom is 0.408 e. The van der Waals surface area contributed by atoms with E-state index in [-0.39, 0.29) is 23.5 Å². The Morgan fingerprint density at radius 1 is 1.11 bits per heavy atom. The van der Waals surface area contributed by atoms with Gasteiger partial charge in [-0.05, 0) is 59.9 Å². The van der Waals surface area contributed by atoms with Crippen molar-refractivity contribution in [2.24, 2.45) is 0 Å². The van der Waals surface area contributed by atoms with Crippen LogP contribution in [0.2, 0.25) is 0 Å². The first-order valence-electron chi connectivity index (χ1n) is 12.8. The highest BCUT2D eigenvalue weighted by Crippen LogP contribution is 2.36. The van der Waals surface area contributed by atoms with Crippen LogP contribution in [0.25, 0.3) is 0 Å². The van der Waals surface area contributed by atoms with Gasteiger partial charge in [-0.2, -0.15) is 12.6 Å².